The highest BCUT2D eigenvalue weighted by Gasteiger charge is 2.30. The lowest BCUT2D eigenvalue weighted by Gasteiger charge is -2.05. The van der Waals surface area contributed by atoms with Gasteiger partial charge in [0, 0.05) is 5.69 Å². The Morgan fingerprint density at radius 2 is 2.00 bits per heavy atom. The zero-order chi connectivity index (χ0) is 17.7. The molecule has 0 bridgehead atoms. The minimum atomic E-state index is -4.22. The number of amides is 1. The maximum absolute atomic E-state index is 12.0. The molecule has 0 fully saturated rings. The molecule has 3 rings (SSSR count). The fourth-order valence-corrected chi connectivity index (χ4v) is 2.19. The Labute approximate surface area is 137 Å². The highest BCUT2D eigenvalue weighted by molar-refractivity contribution is 6.61. The molecule has 2 aromatic rings. The molecule has 0 radical (unpaired) electrons. The Hall–Kier alpha value is -2.32. The predicted molar refractivity (Wildman–Crippen MR) is 84.7 cm³/mol. The lowest BCUT2D eigenvalue weighted by atomic mass is 9.79. The summed E-state index contributed by atoms with van der Waals surface area (Å²) in [7, 11) is -0.858. The van der Waals surface area contributed by atoms with E-state index in [-0.39, 0.29) is 0 Å². The number of carbonyl (C=O) groups excluding carboxylic acids is 1. The summed E-state index contributed by atoms with van der Waals surface area (Å²) >= 11 is 0. The van der Waals surface area contributed by atoms with Crippen molar-refractivity contribution in [2.75, 3.05) is 5.32 Å². The quantitative estimate of drug-likeness (QED) is 0.654. The molecule has 1 amide bonds. The molecule has 0 saturated carbocycles. The highest BCUT2D eigenvalue weighted by Crippen LogP contribution is 2.29. The summed E-state index contributed by atoms with van der Waals surface area (Å²) in [6.07, 6.45) is -3.62. The SMILES string of the molecule is Cc1cccc(C(F)(F)F)c1.O=CNc1ccc2c(c1)B(O)OC2. The zero-order valence-electron chi connectivity index (χ0n) is 12.8. The topological polar surface area (TPSA) is 58.6 Å². The molecule has 24 heavy (non-hydrogen) atoms. The molecule has 1 aliphatic heterocycles. The fraction of sp³-hybridized carbons (Fsp3) is 0.188. The van der Waals surface area contributed by atoms with Crippen LogP contribution in [0.1, 0.15) is 16.7 Å². The molecular formula is C16H15BF3NO3. The molecule has 1 aliphatic rings. The van der Waals surface area contributed by atoms with Crippen molar-refractivity contribution in [3.63, 3.8) is 0 Å². The summed E-state index contributed by atoms with van der Waals surface area (Å²) in [5, 5.41) is 11.8. The van der Waals surface area contributed by atoms with Crippen LogP contribution in [-0.4, -0.2) is 18.6 Å². The van der Waals surface area contributed by atoms with Crippen molar-refractivity contribution in [2.45, 2.75) is 19.7 Å². The van der Waals surface area contributed by atoms with Crippen LogP contribution in [0.15, 0.2) is 42.5 Å². The zero-order valence-corrected chi connectivity index (χ0v) is 12.8. The fourth-order valence-electron chi connectivity index (χ4n) is 2.19. The number of carbonyl (C=O) groups is 1. The normalized spacial score (nSPS) is 13.0. The van der Waals surface area contributed by atoms with Crippen LogP contribution in [0.2, 0.25) is 0 Å². The number of fused-ring (bicyclic) bond motifs is 1. The third kappa shape index (κ3) is 4.59. The first-order valence-corrected chi connectivity index (χ1v) is 7.08. The first-order chi connectivity index (χ1) is 11.3. The van der Waals surface area contributed by atoms with Crippen LogP contribution >= 0.6 is 0 Å². The molecule has 0 atom stereocenters. The summed E-state index contributed by atoms with van der Waals surface area (Å²) < 4.78 is 40.9. The summed E-state index contributed by atoms with van der Waals surface area (Å²) in [5.41, 5.74) is 2.39. The van der Waals surface area contributed by atoms with Crippen molar-refractivity contribution in [1.29, 1.82) is 0 Å². The largest absolute Gasteiger partial charge is 0.491 e. The molecule has 0 aromatic heterocycles. The van der Waals surface area contributed by atoms with E-state index in [1.807, 2.05) is 6.07 Å². The van der Waals surface area contributed by atoms with E-state index in [0.717, 1.165) is 23.2 Å². The van der Waals surface area contributed by atoms with Crippen molar-refractivity contribution in [3.8, 4) is 0 Å². The second-order valence-electron chi connectivity index (χ2n) is 5.21. The lowest BCUT2D eigenvalue weighted by Crippen LogP contribution is -2.28. The van der Waals surface area contributed by atoms with E-state index in [4.69, 9.17) is 4.65 Å². The third-order valence-electron chi connectivity index (χ3n) is 3.38. The number of benzene rings is 2. The van der Waals surface area contributed by atoms with Gasteiger partial charge in [0.2, 0.25) is 6.41 Å². The van der Waals surface area contributed by atoms with E-state index in [2.05, 4.69) is 5.32 Å². The summed E-state index contributed by atoms with van der Waals surface area (Å²) in [6, 6.07) is 10.5. The van der Waals surface area contributed by atoms with Gasteiger partial charge < -0.3 is 15.0 Å². The van der Waals surface area contributed by atoms with Gasteiger partial charge in [-0.1, -0.05) is 29.8 Å². The number of nitrogens with one attached hydrogen (secondary N) is 1. The van der Waals surface area contributed by atoms with Crippen LogP contribution in [0.3, 0.4) is 0 Å². The van der Waals surface area contributed by atoms with Gasteiger partial charge in [-0.3, -0.25) is 4.79 Å². The van der Waals surface area contributed by atoms with Gasteiger partial charge in [0.05, 0.1) is 12.2 Å². The van der Waals surface area contributed by atoms with Crippen molar-refractivity contribution >= 4 is 24.7 Å². The van der Waals surface area contributed by atoms with E-state index in [1.54, 1.807) is 25.1 Å². The van der Waals surface area contributed by atoms with Gasteiger partial charge >= 0.3 is 13.3 Å². The molecule has 0 spiro atoms. The van der Waals surface area contributed by atoms with Crippen molar-refractivity contribution in [3.05, 3.63) is 59.2 Å². The maximum Gasteiger partial charge on any atom is 0.491 e. The molecular weight excluding hydrogens is 322 g/mol. The van der Waals surface area contributed by atoms with Gasteiger partial charge in [-0.15, -0.1) is 0 Å². The molecule has 0 aliphatic carbocycles. The molecule has 0 saturated heterocycles. The first-order valence-electron chi connectivity index (χ1n) is 7.08. The third-order valence-corrected chi connectivity index (χ3v) is 3.38. The predicted octanol–water partition coefficient (Wildman–Crippen LogP) is 2.49. The van der Waals surface area contributed by atoms with Crippen LogP contribution in [0.4, 0.5) is 18.9 Å². The van der Waals surface area contributed by atoms with E-state index in [9.17, 15) is 23.0 Å². The van der Waals surface area contributed by atoms with Crippen molar-refractivity contribution < 1.29 is 27.6 Å². The number of hydrogen-bond donors (Lipinski definition) is 2. The minimum absolute atomic E-state index is 0.428. The molecule has 126 valence electrons. The Balaban J connectivity index is 0.000000177. The molecule has 8 heteroatoms. The Morgan fingerprint density at radius 3 is 2.58 bits per heavy atom. The van der Waals surface area contributed by atoms with Crippen molar-refractivity contribution in [1.82, 2.24) is 0 Å². The van der Waals surface area contributed by atoms with E-state index in [0.29, 0.717) is 24.3 Å². The molecule has 2 N–H and O–H groups in total. The minimum Gasteiger partial charge on any atom is -0.423 e. The summed E-state index contributed by atoms with van der Waals surface area (Å²) in [4.78, 5) is 10.2. The van der Waals surface area contributed by atoms with E-state index < -0.39 is 18.9 Å². The van der Waals surface area contributed by atoms with Crippen LogP contribution in [0, 0.1) is 6.92 Å². The van der Waals surface area contributed by atoms with Crippen LogP contribution < -0.4 is 10.8 Å². The lowest BCUT2D eigenvalue weighted by molar-refractivity contribution is -0.137. The van der Waals surface area contributed by atoms with Gasteiger partial charge in [0.25, 0.3) is 0 Å². The number of anilines is 1. The summed E-state index contributed by atoms with van der Waals surface area (Å²) in [5.74, 6) is 0. The Bertz CT molecular complexity index is 722. The monoisotopic (exact) mass is 337 g/mol. The van der Waals surface area contributed by atoms with Crippen LogP contribution in [0.5, 0.6) is 0 Å². The Kier molecular flexibility index (Phi) is 5.64. The van der Waals surface area contributed by atoms with E-state index in [1.165, 1.54) is 6.07 Å². The smallest absolute Gasteiger partial charge is 0.423 e. The van der Waals surface area contributed by atoms with Crippen LogP contribution in [-0.2, 0) is 22.2 Å². The first kappa shape index (κ1) is 18.0. The summed E-state index contributed by atoms with van der Waals surface area (Å²) in [6.45, 7) is 2.06. The highest BCUT2D eigenvalue weighted by atomic mass is 19.4. The maximum atomic E-state index is 12.0. The number of aryl methyl sites for hydroxylation is 1. The second kappa shape index (κ2) is 7.50. The number of alkyl halides is 3. The van der Waals surface area contributed by atoms with Gasteiger partial charge in [-0.2, -0.15) is 13.2 Å². The van der Waals surface area contributed by atoms with E-state index >= 15 is 0 Å². The molecule has 2 aromatic carbocycles. The number of rotatable bonds is 2. The second-order valence-corrected chi connectivity index (χ2v) is 5.21. The van der Waals surface area contributed by atoms with Gasteiger partial charge in [0.1, 0.15) is 0 Å². The Morgan fingerprint density at radius 1 is 1.25 bits per heavy atom. The van der Waals surface area contributed by atoms with Crippen LogP contribution in [0.25, 0.3) is 0 Å². The number of hydrogen-bond acceptors (Lipinski definition) is 3. The standard InChI is InChI=1S/C8H8BNO3.C8H7F3/c11-5-10-7-2-1-6-4-13-9(12)8(6)3-7;1-6-3-2-4-7(5-6)8(9,10)11/h1-3,5,12H,4H2,(H,10,11);2-5H,1H3. The van der Waals surface area contributed by atoms with Gasteiger partial charge in [0.15, 0.2) is 0 Å². The van der Waals surface area contributed by atoms with Gasteiger partial charge in [-0.25, -0.2) is 0 Å². The average Bonchev–Trinajstić information content (AvgIpc) is 2.89. The average molecular weight is 337 g/mol. The van der Waals surface area contributed by atoms with Gasteiger partial charge in [-0.05, 0) is 36.1 Å². The number of halogens is 3. The molecule has 4 nitrogen and oxygen atoms in total. The van der Waals surface area contributed by atoms with Crippen molar-refractivity contribution in [2.24, 2.45) is 0 Å². The molecule has 1 heterocycles. The molecule has 0 unspecified atom stereocenters.